The van der Waals surface area contributed by atoms with Crippen LogP contribution in [0.15, 0.2) is 30.3 Å². The number of rotatable bonds is 6. The minimum atomic E-state index is 0.163. The first-order valence-electron chi connectivity index (χ1n) is 7.09. The minimum absolute atomic E-state index is 0.163. The average Bonchev–Trinajstić information content (AvgIpc) is 2.36. The van der Waals surface area contributed by atoms with Gasteiger partial charge in [0.25, 0.3) is 0 Å². The number of amides is 1. The fourth-order valence-electron chi connectivity index (χ4n) is 2.64. The van der Waals surface area contributed by atoms with E-state index in [9.17, 15) is 4.79 Å². The number of nitrogens with one attached hydrogen (secondary N) is 1. The molecular formula is C16H24N2O. The largest absolute Gasteiger partial charge is 0.355 e. The van der Waals surface area contributed by atoms with Crippen LogP contribution in [0, 0.1) is 0 Å². The van der Waals surface area contributed by atoms with Crippen molar-refractivity contribution in [2.75, 3.05) is 27.2 Å². The second-order valence-corrected chi connectivity index (χ2v) is 5.83. The Morgan fingerprint density at radius 3 is 2.47 bits per heavy atom. The molecule has 1 aromatic rings. The van der Waals surface area contributed by atoms with Crippen molar-refractivity contribution in [3.05, 3.63) is 35.9 Å². The van der Waals surface area contributed by atoms with Crippen molar-refractivity contribution in [3.63, 3.8) is 0 Å². The van der Waals surface area contributed by atoms with E-state index < -0.39 is 0 Å². The highest BCUT2D eigenvalue weighted by Gasteiger charge is 2.38. The van der Waals surface area contributed by atoms with Crippen LogP contribution in [0.4, 0.5) is 0 Å². The molecule has 1 N–H and O–H groups in total. The van der Waals surface area contributed by atoms with Crippen LogP contribution in [0.2, 0.25) is 0 Å². The van der Waals surface area contributed by atoms with Crippen molar-refractivity contribution in [2.45, 2.75) is 31.1 Å². The lowest BCUT2D eigenvalue weighted by Crippen LogP contribution is -2.45. The molecule has 0 saturated heterocycles. The Labute approximate surface area is 116 Å². The van der Waals surface area contributed by atoms with E-state index in [1.807, 2.05) is 25.1 Å². The number of hydrogen-bond acceptors (Lipinski definition) is 2. The maximum atomic E-state index is 11.8. The van der Waals surface area contributed by atoms with Gasteiger partial charge in [0.2, 0.25) is 5.91 Å². The maximum Gasteiger partial charge on any atom is 0.221 e. The fourth-order valence-corrected chi connectivity index (χ4v) is 2.64. The molecule has 1 aliphatic carbocycles. The highest BCUT2D eigenvalue weighted by atomic mass is 16.1. The summed E-state index contributed by atoms with van der Waals surface area (Å²) in [7, 11) is 3.98. The summed E-state index contributed by atoms with van der Waals surface area (Å²) < 4.78 is 0. The lowest BCUT2D eigenvalue weighted by Gasteiger charge is -2.42. The Hall–Kier alpha value is -1.35. The summed E-state index contributed by atoms with van der Waals surface area (Å²) in [4.78, 5) is 13.9. The molecule has 1 saturated carbocycles. The summed E-state index contributed by atoms with van der Waals surface area (Å²) in [5.41, 5.74) is 1.56. The summed E-state index contributed by atoms with van der Waals surface area (Å²) in [6.45, 7) is 1.59. The van der Waals surface area contributed by atoms with E-state index >= 15 is 0 Å². The van der Waals surface area contributed by atoms with Crippen LogP contribution in [0.1, 0.15) is 31.2 Å². The Kier molecular flexibility index (Phi) is 4.59. The molecule has 0 aromatic heterocycles. The molecular weight excluding hydrogens is 236 g/mol. The fraction of sp³-hybridized carbons (Fsp3) is 0.562. The van der Waals surface area contributed by atoms with E-state index in [-0.39, 0.29) is 11.3 Å². The molecule has 2 rings (SSSR count). The first-order chi connectivity index (χ1) is 9.12. The standard InChI is InChI=1S/C16H24N2O/c1-18(2)12-9-15(19)17-13-16(10-6-11-16)14-7-4-3-5-8-14/h3-5,7-8H,6,9-13H2,1-2H3,(H,17,19). The van der Waals surface area contributed by atoms with E-state index in [0.29, 0.717) is 6.42 Å². The van der Waals surface area contributed by atoms with Crippen LogP contribution in [0.5, 0.6) is 0 Å². The number of nitrogens with zero attached hydrogens (tertiary/aromatic N) is 1. The molecule has 0 spiro atoms. The number of hydrogen-bond donors (Lipinski definition) is 1. The second-order valence-electron chi connectivity index (χ2n) is 5.83. The smallest absolute Gasteiger partial charge is 0.221 e. The third-order valence-electron chi connectivity index (χ3n) is 4.11. The van der Waals surface area contributed by atoms with Gasteiger partial charge < -0.3 is 10.2 Å². The van der Waals surface area contributed by atoms with Gasteiger partial charge in [-0.15, -0.1) is 0 Å². The number of benzene rings is 1. The van der Waals surface area contributed by atoms with Crippen molar-refractivity contribution in [3.8, 4) is 0 Å². The van der Waals surface area contributed by atoms with Gasteiger partial charge in [-0.25, -0.2) is 0 Å². The molecule has 0 heterocycles. The summed E-state index contributed by atoms with van der Waals surface area (Å²) in [5.74, 6) is 0.163. The monoisotopic (exact) mass is 260 g/mol. The second kappa shape index (κ2) is 6.20. The molecule has 19 heavy (non-hydrogen) atoms. The van der Waals surface area contributed by atoms with E-state index in [4.69, 9.17) is 0 Å². The van der Waals surface area contributed by atoms with E-state index in [0.717, 1.165) is 13.1 Å². The lowest BCUT2D eigenvalue weighted by atomic mass is 9.64. The SMILES string of the molecule is CN(C)CCC(=O)NCC1(c2ccccc2)CCC1. The zero-order valence-electron chi connectivity index (χ0n) is 12.0. The van der Waals surface area contributed by atoms with E-state index in [1.165, 1.54) is 24.8 Å². The Morgan fingerprint density at radius 1 is 1.26 bits per heavy atom. The first kappa shape index (κ1) is 14.1. The normalized spacial score (nSPS) is 17.0. The van der Waals surface area contributed by atoms with Crippen LogP contribution in [0.25, 0.3) is 0 Å². The Bertz CT molecular complexity index is 410. The molecule has 0 aliphatic heterocycles. The van der Waals surface area contributed by atoms with Gasteiger partial charge in [-0.1, -0.05) is 36.8 Å². The molecule has 1 fully saturated rings. The predicted molar refractivity (Wildman–Crippen MR) is 78.2 cm³/mol. The van der Waals surface area contributed by atoms with Crippen LogP contribution < -0.4 is 5.32 Å². The lowest BCUT2D eigenvalue weighted by molar-refractivity contribution is -0.121. The van der Waals surface area contributed by atoms with Crippen LogP contribution in [0.3, 0.4) is 0 Å². The van der Waals surface area contributed by atoms with Gasteiger partial charge in [0.15, 0.2) is 0 Å². The molecule has 1 aromatic carbocycles. The zero-order valence-corrected chi connectivity index (χ0v) is 12.0. The van der Waals surface area contributed by atoms with Gasteiger partial charge in [0.1, 0.15) is 0 Å². The highest BCUT2D eigenvalue weighted by molar-refractivity contribution is 5.76. The molecule has 104 valence electrons. The molecule has 3 nitrogen and oxygen atoms in total. The average molecular weight is 260 g/mol. The molecule has 0 unspecified atom stereocenters. The first-order valence-corrected chi connectivity index (χ1v) is 7.09. The van der Waals surface area contributed by atoms with Crippen LogP contribution in [-0.2, 0) is 10.2 Å². The van der Waals surface area contributed by atoms with Crippen molar-refractivity contribution in [1.29, 1.82) is 0 Å². The molecule has 1 amide bonds. The van der Waals surface area contributed by atoms with E-state index in [1.54, 1.807) is 0 Å². The van der Waals surface area contributed by atoms with Gasteiger partial charge in [-0.2, -0.15) is 0 Å². The Morgan fingerprint density at radius 2 is 1.95 bits per heavy atom. The summed E-state index contributed by atoms with van der Waals surface area (Å²) in [6.07, 6.45) is 4.22. The van der Waals surface area contributed by atoms with Gasteiger partial charge >= 0.3 is 0 Å². The van der Waals surface area contributed by atoms with Crippen molar-refractivity contribution in [2.24, 2.45) is 0 Å². The molecule has 0 atom stereocenters. The summed E-state index contributed by atoms with van der Waals surface area (Å²) in [6, 6.07) is 10.6. The maximum absolute atomic E-state index is 11.8. The molecule has 1 aliphatic rings. The van der Waals surface area contributed by atoms with Crippen molar-refractivity contribution >= 4 is 5.91 Å². The molecule has 0 bridgehead atoms. The van der Waals surface area contributed by atoms with Crippen molar-refractivity contribution in [1.82, 2.24) is 10.2 Å². The molecule has 3 heteroatoms. The zero-order chi connectivity index (χ0) is 13.7. The summed E-state index contributed by atoms with van der Waals surface area (Å²) >= 11 is 0. The third-order valence-corrected chi connectivity index (χ3v) is 4.11. The highest BCUT2D eigenvalue weighted by Crippen LogP contribution is 2.43. The number of carbonyl (C=O) groups is 1. The van der Waals surface area contributed by atoms with Gasteiger partial charge in [0, 0.05) is 24.9 Å². The van der Waals surface area contributed by atoms with Gasteiger partial charge in [0.05, 0.1) is 0 Å². The topological polar surface area (TPSA) is 32.3 Å². The van der Waals surface area contributed by atoms with Gasteiger partial charge in [-0.05, 0) is 32.5 Å². The third kappa shape index (κ3) is 3.57. The molecule has 0 radical (unpaired) electrons. The predicted octanol–water partition coefficient (Wildman–Crippen LogP) is 2.18. The van der Waals surface area contributed by atoms with E-state index in [2.05, 4.69) is 29.6 Å². The minimum Gasteiger partial charge on any atom is -0.355 e. The van der Waals surface area contributed by atoms with Crippen molar-refractivity contribution < 1.29 is 4.79 Å². The summed E-state index contributed by atoms with van der Waals surface area (Å²) in [5, 5.41) is 3.11. The van der Waals surface area contributed by atoms with Crippen LogP contribution >= 0.6 is 0 Å². The number of carbonyl (C=O) groups excluding carboxylic acids is 1. The van der Waals surface area contributed by atoms with Gasteiger partial charge in [-0.3, -0.25) is 4.79 Å². The Balaban J connectivity index is 1.88. The quantitative estimate of drug-likeness (QED) is 0.850. The van der Waals surface area contributed by atoms with Crippen LogP contribution in [-0.4, -0.2) is 38.0 Å².